The van der Waals surface area contributed by atoms with Crippen LogP contribution in [0.5, 0.6) is 5.75 Å². The van der Waals surface area contributed by atoms with Gasteiger partial charge in [0, 0.05) is 16.3 Å². The van der Waals surface area contributed by atoms with Crippen LogP contribution in [-0.2, 0) is 9.59 Å². The van der Waals surface area contributed by atoms with E-state index in [0.29, 0.717) is 34.5 Å². The Morgan fingerprint density at radius 1 is 1.23 bits per heavy atom. The number of nitrogens with zero attached hydrogens (tertiary/aromatic N) is 1. The topological polar surface area (TPSA) is 75.7 Å². The van der Waals surface area contributed by atoms with Gasteiger partial charge in [-0.1, -0.05) is 49.7 Å². The molecule has 0 aliphatic carbocycles. The van der Waals surface area contributed by atoms with E-state index in [-0.39, 0.29) is 11.4 Å². The van der Waals surface area contributed by atoms with Crippen LogP contribution in [0.2, 0.25) is 5.02 Å². The van der Waals surface area contributed by atoms with Crippen LogP contribution in [0.15, 0.2) is 47.4 Å². The molecule has 8 heteroatoms. The van der Waals surface area contributed by atoms with E-state index in [0.717, 1.165) is 22.2 Å². The Hall–Kier alpha value is -2.77. The van der Waals surface area contributed by atoms with Crippen molar-refractivity contribution in [3.8, 4) is 5.75 Å². The average molecular weight is 459 g/mol. The molecule has 0 unspecified atom stereocenters. The van der Waals surface area contributed by atoms with Gasteiger partial charge in [0.15, 0.2) is 0 Å². The Bertz CT molecular complexity index is 1050. The fraction of sp³-hybridized carbons (Fsp3) is 0.261. The van der Waals surface area contributed by atoms with Crippen molar-refractivity contribution in [2.75, 3.05) is 18.5 Å². The number of rotatable bonds is 7. The zero-order valence-corrected chi connectivity index (χ0v) is 19.0. The van der Waals surface area contributed by atoms with Gasteiger partial charge in [-0.3, -0.25) is 19.3 Å². The third-order valence-corrected chi connectivity index (χ3v) is 5.57. The smallest absolute Gasteiger partial charge is 0.294 e. The molecule has 0 atom stereocenters. The summed E-state index contributed by atoms with van der Waals surface area (Å²) in [5, 5.41) is 2.69. The monoisotopic (exact) mass is 458 g/mol. The molecule has 1 heterocycles. The molecule has 0 bridgehead atoms. The van der Waals surface area contributed by atoms with E-state index < -0.39 is 17.1 Å². The number of imide groups is 1. The molecular weight excluding hydrogens is 436 g/mol. The molecule has 1 aliphatic heterocycles. The van der Waals surface area contributed by atoms with Crippen LogP contribution in [0, 0.1) is 12.8 Å². The molecule has 0 radical (unpaired) electrons. The van der Waals surface area contributed by atoms with Gasteiger partial charge in [0.25, 0.3) is 11.1 Å². The summed E-state index contributed by atoms with van der Waals surface area (Å²) in [5.74, 6) is 0.000275. The van der Waals surface area contributed by atoms with Crippen molar-refractivity contribution in [2.45, 2.75) is 20.8 Å². The minimum atomic E-state index is -0.508. The van der Waals surface area contributed by atoms with Crippen molar-refractivity contribution in [3.63, 3.8) is 0 Å². The van der Waals surface area contributed by atoms with Crippen molar-refractivity contribution in [1.82, 2.24) is 4.90 Å². The first-order valence-corrected chi connectivity index (χ1v) is 11.0. The van der Waals surface area contributed by atoms with E-state index in [1.807, 2.05) is 45.0 Å². The maximum absolute atomic E-state index is 12.8. The Morgan fingerprint density at radius 3 is 2.71 bits per heavy atom. The van der Waals surface area contributed by atoms with Crippen LogP contribution in [0.25, 0.3) is 6.08 Å². The number of nitrogens with one attached hydrogen (secondary N) is 1. The average Bonchev–Trinajstić information content (AvgIpc) is 2.97. The number of hydrogen-bond donors (Lipinski definition) is 1. The van der Waals surface area contributed by atoms with E-state index in [1.54, 1.807) is 24.3 Å². The third kappa shape index (κ3) is 5.89. The summed E-state index contributed by atoms with van der Waals surface area (Å²) < 4.78 is 5.81. The van der Waals surface area contributed by atoms with Gasteiger partial charge in [-0.2, -0.15) is 0 Å². The molecular formula is C23H23ClN2O4S. The highest BCUT2D eigenvalue weighted by Gasteiger charge is 2.36. The molecule has 0 aromatic heterocycles. The standard InChI is InChI=1S/C23H23ClN2O4S/c1-14(2)13-30-19-7-5-4-6-16(19)10-20-22(28)26(23(29)31-20)12-21(27)25-18-11-17(24)9-8-15(18)3/h4-11,14H,12-13H2,1-3H3,(H,25,27)/b20-10+. The lowest BCUT2D eigenvalue weighted by atomic mass is 10.1. The fourth-order valence-corrected chi connectivity index (χ4v) is 3.83. The van der Waals surface area contributed by atoms with Crippen LogP contribution >= 0.6 is 23.4 Å². The molecule has 3 amide bonds. The molecule has 1 aliphatic rings. The van der Waals surface area contributed by atoms with Crippen LogP contribution in [-0.4, -0.2) is 35.1 Å². The van der Waals surface area contributed by atoms with E-state index in [2.05, 4.69) is 5.32 Å². The molecule has 3 rings (SSSR count). The molecule has 31 heavy (non-hydrogen) atoms. The molecule has 162 valence electrons. The minimum absolute atomic E-state index is 0.248. The van der Waals surface area contributed by atoms with Crippen molar-refractivity contribution in [3.05, 3.63) is 63.5 Å². The summed E-state index contributed by atoms with van der Waals surface area (Å²) >= 11 is 6.78. The van der Waals surface area contributed by atoms with Gasteiger partial charge in [-0.05, 0) is 54.4 Å². The van der Waals surface area contributed by atoms with Gasteiger partial charge in [0.05, 0.1) is 11.5 Å². The fourth-order valence-electron chi connectivity index (χ4n) is 2.83. The molecule has 2 aromatic rings. The van der Waals surface area contributed by atoms with Crippen molar-refractivity contribution in [2.24, 2.45) is 5.92 Å². The molecule has 1 N–H and O–H groups in total. The zero-order chi connectivity index (χ0) is 22.5. The van der Waals surface area contributed by atoms with E-state index in [9.17, 15) is 14.4 Å². The number of anilines is 1. The first-order chi connectivity index (χ1) is 14.7. The number of halogens is 1. The lowest BCUT2D eigenvalue weighted by molar-refractivity contribution is -0.127. The van der Waals surface area contributed by atoms with Gasteiger partial charge in [0.1, 0.15) is 12.3 Å². The number of thioether (sulfide) groups is 1. The quantitative estimate of drug-likeness (QED) is 0.565. The van der Waals surface area contributed by atoms with Crippen molar-refractivity contribution in [1.29, 1.82) is 0 Å². The molecule has 0 saturated carbocycles. The highest BCUT2D eigenvalue weighted by Crippen LogP contribution is 2.34. The van der Waals surface area contributed by atoms with Crippen LogP contribution in [0.1, 0.15) is 25.0 Å². The largest absolute Gasteiger partial charge is 0.493 e. The number of carbonyl (C=O) groups is 3. The molecule has 1 fully saturated rings. The third-order valence-electron chi connectivity index (χ3n) is 4.43. The summed E-state index contributed by atoms with van der Waals surface area (Å²) in [6.45, 7) is 6.08. The second-order valence-electron chi connectivity index (χ2n) is 7.52. The summed E-state index contributed by atoms with van der Waals surface area (Å²) in [6, 6.07) is 12.4. The van der Waals surface area contributed by atoms with Crippen molar-refractivity contribution >= 4 is 52.2 Å². The summed E-state index contributed by atoms with van der Waals surface area (Å²) in [7, 11) is 0. The number of amides is 3. The predicted octanol–water partition coefficient (Wildman–Crippen LogP) is 5.36. The van der Waals surface area contributed by atoms with Gasteiger partial charge in [-0.15, -0.1) is 0 Å². The lowest BCUT2D eigenvalue weighted by Gasteiger charge is -2.14. The molecule has 0 spiro atoms. The maximum atomic E-state index is 12.8. The van der Waals surface area contributed by atoms with Gasteiger partial charge in [0.2, 0.25) is 5.91 Å². The first kappa shape index (κ1) is 22.9. The van der Waals surface area contributed by atoms with Gasteiger partial charge < -0.3 is 10.1 Å². The highest BCUT2D eigenvalue weighted by molar-refractivity contribution is 8.18. The Kier molecular flexibility index (Phi) is 7.41. The Labute approximate surface area is 190 Å². The SMILES string of the molecule is Cc1ccc(Cl)cc1NC(=O)CN1C(=O)S/C(=C/c2ccccc2OCC(C)C)C1=O. The van der Waals surface area contributed by atoms with E-state index in [4.69, 9.17) is 16.3 Å². The van der Waals surface area contributed by atoms with E-state index in [1.165, 1.54) is 0 Å². The lowest BCUT2D eigenvalue weighted by Crippen LogP contribution is -2.36. The van der Waals surface area contributed by atoms with Crippen LogP contribution < -0.4 is 10.1 Å². The van der Waals surface area contributed by atoms with Crippen LogP contribution in [0.3, 0.4) is 0 Å². The normalized spacial score (nSPS) is 15.1. The number of para-hydroxylation sites is 1. The van der Waals surface area contributed by atoms with Crippen LogP contribution in [0.4, 0.5) is 10.5 Å². The molecule has 6 nitrogen and oxygen atoms in total. The Balaban J connectivity index is 1.72. The summed E-state index contributed by atoms with van der Waals surface area (Å²) in [5.41, 5.74) is 2.06. The molecule has 2 aromatic carbocycles. The summed E-state index contributed by atoms with van der Waals surface area (Å²) in [6.07, 6.45) is 1.62. The summed E-state index contributed by atoms with van der Waals surface area (Å²) in [4.78, 5) is 38.8. The number of hydrogen-bond acceptors (Lipinski definition) is 5. The predicted molar refractivity (Wildman–Crippen MR) is 124 cm³/mol. The maximum Gasteiger partial charge on any atom is 0.294 e. The number of carbonyl (C=O) groups excluding carboxylic acids is 3. The highest BCUT2D eigenvalue weighted by atomic mass is 35.5. The molecule has 1 saturated heterocycles. The second kappa shape index (κ2) is 10.0. The minimum Gasteiger partial charge on any atom is -0.493 e. The van der Waals surface area contributed by atoms with Gasteiger partial charge >= 0.3 is 0 Å². The second-order valence-corrected chi connectivity index (χ2v) is 8.95. The number of aryl methyl sites for hydroxylation is 1. The number of ether oxygens (including phenoxy) is 1. The van der Waals surface area contributed by atoms with Gasteiger partial charge in [-0.25, -0.2) is 0 Å². The number of benzene rings is 2. The van der Waals surface area contributed by atoms with E-state index >= 15 is 0 Å². The Morgan fingerprint density at radius 2 is 1.97 bits per heavy atom. The zero-order valence-electron chi connectivity index (χ0n) is 17.5. The van der Waals surface area contributed by atoms with Crippen molar-refractivity contribution < 1.29 is 19.1 Å². The first-order valence-electron chi connectivity index (χ1n) is 9.78.